The van der Waals surface area contributed by atoms with Gasteiger partial charge >= 0.3 is 6.18 Å². The summed E-state index contributed by atoms with van der Waals surface area (Å²) in [4.78, 5) is 13.2. The minimum absolute atomic E-state index is 0.645. The topological polar surface area (TPSA) is 26.3 Å². The molecule has 0 fully saturated rings. The van der Waals surface area contributed by atoms with Crippen molar-refractivity contribution in [2.75, 3.05) is 0 Å². The van der Waals surface area contributed by atoms with E-state index in [0.29, 0.717) is 5.75 Å². The summed E-state index contributed by atoms with van der Waals surface area (Å²) in [7, 11) is 0. The lowest BCUT2D eigenvalue weighted by atomic mass is 10.0. The predicted octanol–water partition coefficient (Wildman–Crippen LogP) is 8.39. The monoisotopic (exact) mass is 476 g/mol. The second kappa shape index (κ2) is 11.1. The Balaban J connectivity index is 2.11. The van der Waals surface area contributed by atoms with Gasteiger partial charge in [0.15, 0.2) is 11.9 Å². The third-order valence-electron chi connectivity index (χ3n) is 5.09. The zero-order valence-electron chi connectivity index (χ0n) is 20.0. The van der Waals surface area contributed by atoms with Gasteiger partial charge in [-0.15, -0.1) is 0 Å². The summed E-state index contributed by atoms with van der Waals surface area (Å²) in [5.74, 6) is 0.686. The quantitative estimate of drug-likeness (QED) is 0.340. The number of carbonyl (C=O) groups is 1. The molecule has 0 spiro atoms. The maximum Gasteiger partial charge on any atom is 0.416 e. The van der Waals surface area contributed by atoms with E-state index in [4.69, 9.17) is 4.74 Å². The molecule has 6 heteroatoms. The smallest absolute Gasteiger partial charge is 0.416 e. The second-order valence-corrected chi connectivity index (χ2v) is 9.81. The number of ether oxygens (including phenoxy) is 1. The largest absolute Gasteiger partial charge is 0.480 e. The number of hydrogen-bond acceptors (Lipinski definition) is 3. The molecule has 0 aliphatic rings. The molecule has 0 heterocycles. The number of halogens is 3. The summed E-state index contributed by atoms with van der Waals surface area (Å²) in [6.45, 7) is 11.4. The molecule has 2 rings (SSSR count). The van der Waals surface area contributed by atoms with E-state index in [-0.39, 0.29) is 0 Å². The highest BCUT2D eigenvalue weighted by molar-refractivity contribution is 8.11. The van der Waals surface area contributed by atoms with Crippen molar-refractivity contribution >= 4 is 23.0 Å². The Bertz CT molecular complexity index is 1030. The van der Waals surface area contributed by atoms with Crippen LogP contribution in [0.4, 0.5) is 13.2 Å². The predicted molar refractivity (Wildman–Crippen MR) is 131 cm³/mol. The Morgan fingerprint density at radius 2 is 1.70 bits per heavy atom. The van der Waals surface area contributed by atoms with Crippen LogP contribution in [0, 0.1) is 6.92 Å². The van der Waals surface area contributed by atoms with Crippen molar-refractivity contribution in [2.45, 2.75) is 66.2 Å². The summed E-state index contributed by atoms with van der Waals surface area (Å²) in [6, 6.07) is 11.3. The summed E-state index contributed by atoms with van der Waals surface area (Å²) in [6.07, 6.45) is 0.00411. The molecule has 0 N–H and O–H groups in total. The molecule has 0 aliphatic heterocycles. The highest BCUT2D eigenvalue weighted by Gasteiger charge is 2.30. The first-order valence-corrected chi connectivity index (χ1v) is 11.6. The number of aryl methyl sites for hydroxylation is 2. The zero-order valence-corrected chi connectivity index (χ0v) is 20.8. The Morgan fingerprint density at radius 1 is 1.06 bits per heavy atom. The minimum atomic E-state index is -4.34. The number of thioether (sulfide) groups is 1. The number of rotatable bonds is 9. The van der Waals surface area contributed by atoms with Crippen molar-refractivity contribution in [2.24, 2.45) is 0 Å². The van der Waals surface area contributed by atoms with E-state index in [1.807, 2.05) is 45.9 Å². The number of alkyl halides is 3. The number of aldehydes is 1. The van der Waals surface area contributed by atoms with Crippen LogP contribution in [0.25, 0.3) is 4.91 Å². The first-order chi connectivity index (χ1) is 15.4. The Kier molecular flexibility index (Phi) is 9.01. The lowest BCUT2D eigenvalue weighted by Crippen LogP contribution is -2.30. The second-order valence-electron chi connectivity index (χ2n) is 8.68. The van der Waals surface area contributed by atoms with Gasteiger partial charge in [0.25, 0.3) is 0 Å². The van der Waals surface area contributed by atoms with Crippen molar-refractivity contribution in [3.05, 3.63) is 81.3 Å². The van der Waals surface area contributed by atoms with Gasteiger partial charge < -0.3 is 4.74 Å². The molecule has 0 amide bonds. The summed E-state index contributed by atoms with van der Waals surface area (Å²) in [5, 5.41) is 0. The Morgan fingerprint density at radius 3 is 2.18 bits per heavy atom. The normalized spacial score (nSPS) is 12.5. The van der Waals surface area contributed by atoms with Crippen molar-refractivity contribution in [1.29, 1.82) is 0 Å². The van der Waals surface area contributed by atoms with Crippen LogP contribution in [0.5, 0.6) is 5.75 Å². The highest BCUT2D eigenvalue weighted by atomic mass is 32.2. The minimum Gasteiger partial charge on any atom is -0.480 e. The van der Waals surface area contributed by atoms with Crippen LogP contribution in [0.2, 0.25) is 0 Å². The van der Waals surface area contributed by atoms with Crippen molar-refractivity contribution in [1.82, 2.24) is 0 Å². The third-order valence-corrected chi connectivity index (χ3v) is 6.64. The first-order valence-electron chi connectivity index (χ1n) is 10.8. The van der Waals surface area contributed by atoms with E-state index in [0.717, 1.165) is 52.9 Å². The maximum absolute atomic E-state index is 12.9. The van der Waals surface area contributed by atoms with E-state index in [1.54, 1.807) is 25.6 Å². The lowest BCUT2D eigenvalue weighted by molar-refractivity contribution is -0.137. The number of hydrogen-bond donors (Lipinski definition) is 0. The van der Waals surface area contributed by atoms with Crippen molar-refractivity contribution in [3.8, 4) is 5.75 Å². The van der Waals surface area contributed by atoms with Crippen molar-refractivity contribution < 1.29 is 22.7 Å². The van der Waals surface area contributed by atoms with Crippen LogP contribution in [0.3, 0.4) is 0 Å². The van der Waals surface area contributed by atoms with Gasteiger partial charge in [0.05, 0.1) is 5.56 Å². The zero-order chi connectivity index (χ0) is 24.8. The molecule has 2 aromatic rings. The SMILES string of the molecule is C/C=C(/SC(CCc1ccc(OC(C)(C)C=O)c(C)c1)=C(C)C)c1ccc(C(F)(F)F)cc1. The fourth-order valence-corrected chi connectivity index (χ4v) is 4.24. The molecule has 0 radical (unpaired) electrons. The summed E-state index contributed by atoms with van der Waals surface area (Å²) < 4.78 is 44.4. The van der Waals surface area contributed by atoms with Crippen LogP contribution in [-0.4, -0.2) is 11.9 Å². The first kappa shape index (κ1) is 26.8. The molecule has 0 bridgehead atoms. The number of allylic oxidation sites excluding steroid dienone is 3. The molecule has 0 unspecified atom stereocenters. The molecular weight excluding hydrogens is 445 g/mol. The van der Waals surface area contributed by atoms with Crippen LogP contribution < -0.4 is 4.74 Å². The number of benzene rings is 2. The maximum atomic E-state index is 12.9. The molecule has 0 aromatic heterocycles. The van der Waals surface area contributed by atoms with Gasteiger partial charge in [-0.05, 0) is 94.2 Å². The third kappa shape index (κ3) is 7.81. The molecule has 0 saturated carbocycles. The van der Waals surface area contributed by atoms with Gasteiger partial charge in [-0.3, -0.25) is 4.79 Å². The average Bonchev–Trinajstić information content (AvgIpc) is 2.75. The van der Waals surface area contributed by atoms with Gasteiger partial charge in [-0.2, -0.15) is 13.2 Å². The van der Waals surface area contributed by atoms with Gasteiger partial charge in [0, 0.05) is 4.91 Å². The molecule has 0 atom stereocenters. The van der Waals surface area contributed by atoms with Gasteiger partial charge in [-0.1, -0.05) is 47.7 Å². The van der Waals surface area contributed by atoms with Crippen LogP contribution in [0.15, 0.2) is 59.0 Å². The number of carbonyl (C=O) groups excluding carboxylic acids is 1. The molecule has 0 aliphatic carbocycles. The average molecular weight is 477 g/mol. The summed E-state index contributed by atoms with van der Waals surface area (Å²) in [5.41, 5.74) is 2.54. The van der Waals surface area contributed by atoms with E-state index in [2.05, 4.69) is 6.07 Å². The molecular formula is C27H31F3O2S. The standard InChI is InChI=1S/C27H31F3O2S/c1-7-24(21-10-12-22(13-11-21)27(28,29)30)33-25(18(2)3)15-9-20-8-14-23(19(4)16-20)32-26(5,6)17-31/h7-8,10-14,16-17H,9,15H2,1-6H3/b24-7+. The molecule has 33 heavy (non-hydrogen) atoms. The van der Waals surface area contributed by atoms with E-state index in [1.165, 1.54) is 22.6 Å². The van der Waals surface area contributed by atoms with E-state index in [9.17, 15) is 18.0 Å². The van der Waals surface area contributed by atoms with Crippen molar-refractivity contribution in [3.63, 3.8) is 0 Å². The fraction of sp³-hybridized carbons (Fsp3) is 0.370. The Hall–Kier alpha value is -2.47. The van der Waals surface area contributed by atoms with Crippen LogP contribution in [0.1, 0.15) is 63.3 Å². The van der Waals surface area contributed by atoms with Gasteiger partial charge in [0.1, 0.15) is 5.75 Å². The molecule has 178 valence electrons. The Labute approximate surface area is 198 Å². The molecule has 2 nitrogen and oxygen atoms in total. The van der Waals surface area contributed by atoms with Gasteiger partial charge in [0.2, 0.25) is 0 Å². The van der Waals surface area contributed by atoms with E-state index < -0.39 is 17.3 Å². The molecule has 2 aromatic carbocycles. The van der Waals surface area contributed by atoms with Crippen LogP contribution >= 0.6 is 11.8 Å². The summed E-state index contributed by atoms with van der Waals surface area (Å²) >= 11 is 1.60. The lowest BCUT2D eigenvalue weighted by Gasteiger charge is -2.21. The van der Waals surface area contributed by atoms with Gasteiger partial charge in [-0.25, -0.2) is 0 Å². The molecule has 0 saturated heterocycles. The van der Waals surface area contributed by atoms with Crippen LogP contribution in [-0.2, 0) is 17.4 Å². The fourth-order valence-electron chi connectivity index (χ4n) is 3.19. The van der Waals surface area contributed by atoms with E-state index >= 15 is 0 Å². The highest BCUT2D eigenvalue weighted by Crippen LogP contribution is 2.39.